The third kappa shape index (κ3) is 4.39. The molecule has 2 unspecified atom stereocenters. The lowest BCUT2D eigenvalue weighted by Gasteiger charge is -2.40. The fourth-order valence-corrected chi connectivity index (χ4v) is 3.96. The summed E-state index contributed by atoms with van der Waals surface area (Å²) in [6.45, 7) is 10.0. The van der Waals surface area contributed by atoms with E-state index in [0.717, 1.165) is 65.3 Å². The van der Waals surface area contributed by atoms with Crippen LogP contribution in [0.4, 0.5) is 4.79 Å². The first-order valence-electron chi connectivity index (χ1n) is 9.35. The van der Waals surface area contributed by atoms with Crippen LogP contribution in [0, 0.1) is 0 Å². The van der Waals surface area contributed by atoms with Crippen molar-refractivity contribution in [3.63, 3.8) is 0 Å². The molecular formula is C17H32N4O3. The van der Waals surface area contributed by atoms with Gasteiger partial charge in [-0.25, -0.2) is 4.79 Å². The number of likely N-dealkylation sites (N-methyl/N-ethyl adjacent to an activating group) is 1. The number of piperidine rings is 1. The van der Waals surface area contributed by atoms with Crippen LogP contribution in [0.15, 0.2) is 0 Å². The van der Waals surface area contributed by atoms with Gasteiger partial charge in [0.2, 0.25) is 0 Å². The lowest BCUT2D eigenvalue weighted by atomic mass is 10.0. The average molecular weight is 340 g/mol. The molecule has 0 bridgehead atoms. The zero-order valence-corrected chi connectivity index (χ0v) is 15.1. The number of nitrogens with one attached hydrogen (secondary N) is 1. The van der Waals surface area contributed by atoms with E-state index in [0.29, 0.717) is 24.7 Å². The second kappa shape index (κ2) is 8.47. The monoisotopic (exact) mass is 340 g/mol. The number of hydrogen-bond donors (Lipinski definition) is 1. The summed E-state index contributed by atoms with van der Waals surface area (Å²) in [5, 5.41) is 3.81. The second-order valence-electron chi connectivity index (χ2n) is 7.18. The Bertz CT molecular complexity index is 407. The first-order valence-corrected chi connectivity index (χ1v) is 9.35. The number of rotatable bonds is 4. The predicted octanol–water partition coefficient (Wildman–Crippen LogP) is 0.212. The summed E-state index contributed by atoms with van der Waals surface area (Å²) in [4.78, 5) is 18.6. The van der Waals surface area contributed by atoms with Gasteiger partial charge in [0, 0.05) is 51.4 Å². The van der Waals surface area contributed by atoms with E-state index >= 15 is 0 Å². The van der Waals surface area contributed by atoms with Crippen LogP contribution in [0.2, 0.25) is 0 Å². The lowest BCUT2D eigenvalue weighted by molar-refractivity contribution is 0.0839. The highest BCUT2D eigenvalue weighted by Gasteiger charge is 2.36. The van der Waals surface area contributed by atoms with Gasteiger partial charge in [0.1, 0.15) is 0 Å². The van der Waals surface area contributed by atoms with Crippen molar-refractivity contribution in [1.29, 1.82) is 0 Å². The highest BCUT2D eigenvalue weighted by atomic mass is 16.6. The molecule has 0 aromatic heterocycles. The van der Waals surface area contributed by atoms with E-state index in [9.17, 15) is 4.79 Å². The maximum atomic E-state index is 11.8. The van der Waals surface area contributed by atoms with Gasteiger partial charge in [0.15, 0.2) is 0 Å². The van der Waals surface area contributed by atoms with E-state index in [1.54, 1.807) is 0 Å². The minimum Gasteiger partial charge on any atom is -0.450 e. The zero-order chi connectivity index (χ0) is 16.9. The van der Waals surface area contributed by atoms with Crippen molar-refractivity contribution in [3.05, 3.63) is 0 Å². The Morgan fingerprint density at radius 1 is 1.12 bits per heavy atom. The fraction of sp³-hybridized carbons (Fsp3) is 0.941. The van der Waals surface area contributed by atoms with Gasteiger partial charge in [-0.3, -0.25) is 4.90 Å². The number of amides is 1. The summed E-state index contributed by atoms with van der Waals surface area (Å²) < 4.78 is 10.9. The Morgan fingerprint density at radius 3 is 2.50 bits per heavy atom. The number of ether oxygens (including phenoxy) is 2. The van der Waals surface area contributed by atoms with Crippen molar-refractivity contribution in [2.24, 2.45) is 0 Å². The molecule has 3 saturated heterocycles. The summed E-state index contributed by atoms with van der Waals surface area (Å²) in [5.74, 6) is 0. The van der Waals surface area contributed by atoms with Crippen molar-refractivity contribution in [3.8, 4) is 0 Å². The number of likely N-dealkylation sites (tertiary alicyclic amines) is 1. The molecule has 0 aromatic carbocycles. The van der Waals surface area contributed by atoms with Crippen LogP contribution in [0.5, 0.6) is 0 Å². The molecule has 0 aliphatic carbocycles. The Balaban J connectivity index is 1.45. The van der Waals surface area contributed by atoms with E-state index in [4.69, 9.17) is 9.47 Å². The van der Waals surface area contributed by atoms with E-state index < -0.39 is 0 Å². The summed E-state index contributed by atoms with van der Waals surface area (Å²) in [6.07, 6.45) is 1.81. The van der Waals surface area contributed by atoms with Crippen LogP contribution in [-0.4, -0.2) is 105 Å². The van der Waals surface area contributed by atoms with Crippen LogP contribution < -0.4 is 5.32 Å². The van der Waals surface area contributed by atoms with Crippen molar-refractivity contribution >= 4 is 6.09 Å². The SMILES string of the molecule is CCOC(=O)N1CCC(NC2COCC2N2CCN(C)CC2)CC1. The molecule has 24 heavy (non-hydrogen) atoms. The van der Waals surface area contributed by atoms with Crippen LogP contribution >= 0.6 is 0 Å². The predicted molar refractivity (Wildman–Crippen MR) is 92.2 cm³/mol. The Kier molecular flexibility index (Phi) is 6.32. The first-order chi connectivity index (χ1) is 11.7. The molecule has 138 valence electrons. The van der Waals surface area contributed by atoms with Gasteiger partial charge in [-0.1, -0.05) is 0 Å². The molecule has 3 heterocycles. The molecule has 3 aliphatic heterocycles. The highest BCUT2D eigenvalue weighted by molar-refractivity contribution is 5.67. The molecule has 3 aliphatic rings. The van der Waals surface area contributed by atoms with Gasteiger partial charge in [-0.15, -0.1) is 0 Å². The van der Waals surface area contributed by atoms with E-state index in [1.807, 2.05) is 11.8 Å². The van der Waals surface area contributed by atoms with Gasteiger partial charge in [0.25, 0.3) is 0 Å². The Labute approximate surface area is 145 Å². The maximum Gasteiger partial charge on any atom is 0.409 e. The first kappa shape index (κ1) is 17.9. The number of carbonyl (C=O) groups excluding carboxylic acids is 1. The summed E-state index contributed by atoms with van der Waals surface area (Å²) in [5.41, 5.74) is 0. The fourth-order valence-electron chi connectivity index (χ4n) is 3.96. The van der Waals surface area contributed by atoms with E-state index in [-0.39, 0.29) is 6.09 Å². The second-order valence-corrected chi connectivity index (χ2v) is 7.18. The molecule has 3 fully saturated rings. The molecule has 3 rings (SSSR count). The molecule has 1 N–H and O–H groups in total. The van der Waals surface area contributed by atoms with Crippen molar-refractivity contribution in [1.82, 2.24) is 20.0 Å². The highest BCUT2D eigenvalue weighted by Crippen LogP contribution is 2.19. The largest absolute Gasteiger partial charge is 0.450 e. The number of nitrogens with zero attached hydrogens (tertiary/aromatic N) is 3. The molecule has 0 spiro atoms. The van der Waals surface area contributed by atoms with Crippen molar-refractivity contribution in [2.75, 3.05) is 66.1 Å². The average Bonchev–Trinajstić information content (AvgIpc) is 3.04. The van der Waals surface area contributed by atoms with Gasteiger partial charge >= 0.3 is 6.09 Å². The van der Waals surface area contributed by atoms with Crippen molar-refractivity contribution < 1.29 is 14.3 Å². The third-order valence-electron chi connectivity index (χ3n) is 5.53. The number of hydrogen-bond acceptors (Lipinski definition) is 6. The van der Waals surface area contributed by atoms with Crippen LogP contribution in [0.1, 0.15) is 19.8 Å². The maximum absolute atomic E-state index is 11.8. The van der Waals surface area contributed by atoms with Gasteiger partial charge < -0.3 is 24.6 Å². The van der Waals surface area contributed by atoms with Gasteiger partial charge in [-0.05, 0) is 26.8 Å². The summed E-state index contributed by atoms with van der Waals surface area (Å²) >= 11 is 0. The van der Waals surface area contributed by atoms with E-state index in [1.165, 1.54) is 0 Å². The summed E-state index contributed by atoms with van der Waals surface area (Å²) in [7, 11) is 2.19. The van der Waals surface area contributed by atoms with Crippen LogP contribution in [0.3, 0.4) is 0 Å². The topological polar surface area (TPSA) is 57.3 Å². The number of carbonyl (C=O) groups is 1. The minimum atomic E-state index is -0.171. The molecule has 1 amide bonds. The quantitative estimate of drug-likeness (QED) is 0.790. The number of piperazine rings is 1. The smallest absolute Gasteiger partial charge is 0.409 e. The van der Waals surface area contributed by atoms with Gasteiger partial charge in [0.05, 0.1) is 25.9 Å². The van der Waals surface area contributed by atoms with Crippen LogP contribution in [-0.2, 0) is 9.47 Å². The van der Waals surface area contributed by atoms with E-state index in [2.05, 4.69) is 22.2 Å². The zero-order valence-electron chi connectivity index (χ0n) is 15.1. The molecular weight excluding hydrogens is 308 g/mol. The normalized spacial score (nSPS) is 30.7. The third-order valence-corrected chi connectivity index (χ3v) is 5.53. The Hall–Kier alpha value is -0.890. The molecule has 7 heteroatoms. The summed E-state index contributed by atoms with van der Waals surface area (Å²) in [6, 6.07) is 1.37. The van der Waals surface area contributed by atoms with Crippen molar-refractivity contribution in [2.45, 2.75) is 37.9 Å². The minimum absolute atomic E-state index is 0.171. The molecule has 2 atom stereocenters. The Morgan fingerprint density at radius 2 is 1.83 bits per heavy atom. The van der Waals surface area contributed by atoms with Crippen LogP contribution in [0.25, 0.3) is 0 Å². The molecule has 0 radical (unpaired) electrons. The lowest BCUT2D eigenvalue weighted by Crippen LogP contribution is -2.58. The van der Waals surface area contributed by atoms with Gasteiger partial charge in [-0.2, -0.15) is 0 Å². The molecule has 7 nitrogen and oxygen atoms in total. The molecule has 0 aromatic rings. The molecule has 0 saturated carbocycles. The standard InChI is InChI=1S/C17H32N4O3/c1-3-24-17(22)21-6-4-14(5-7-21)18-15-12-23-13-16(15)20-10-8-19(2)9-11-20/h14-16,18H,3-13H2,1-2H3.